The molecule has 0 heterocycles. The van der Waals surface area contributed by atoms with Gasteiger partial charge in [0.2, 0.25) is 5.91 Å². The number of ether oxygens (including phenoxy) is 1. The second-order valence-corrected chi connectivity index (χ2v) is 6.31. The number of methoxy groups -OCH3 is 1. The first kappa shape index (κ1) is 22.1. The van der Waals surface area contributed by atoms with Crippen LogP contribution in [0, 0.1) is 0 Å². The number of amides is 1. The first-order chi connectivity index (χ1) is 11.2. The van der Waals surface area contributed by atoms with Crippen LogP contribution in [0.15, 0.2) is 0 Å². The van der Waals surface area contributed by atoms with Crippen LogP contribution in [-0.4, -0.2) is 32.0 Å². The predicted molar refractivity (Wildman–Crippen MR) is 95.6 cm³/mol. The molecular weight excluding hydrogens is 290 g/mol. The van der Waals surface area contributed by atoms with E-state index in [1.807, 2.05) is 0 Å². The van der Waals surface area contributed by atoms with Crippen LogP contribution in [0.1, 0.15) is 90.4 Å². The molecule has 1 amide bonds. The van der Waals surface area contributed by atoms with Crippen molar-refractivity contribution in [1.82, 2.24) is 5.32 Å². The van der Waals surface area contributed by atoms with Gasteiger partial charge in [0.25, 0.3) is 0 Å². The number of Topliss-reactive ketones (excluding diaryl/α,β-unsaturated/α-hetero) is 1. The molecule has 136 valence electrons. The fourth-order valence-corrected chi connectivity index (χ4v) is 2.50. The van der Waals surface area contributed by atoms with E-state index < -0.39 is 0 Å². The fourth-order valence-electron chi connectivity index (χ4n) is 2.50. The Bertz CT molecular complexity index is 292. The van der Waals surface area contributed by atoms with Crippen LogP contribution in [0.2, 0.25) is 0 Å². The minimum atomic E-state index is 0.192. The van der Waals surface area contributed by atoms with Gasteiger partial charge in [-0.2, -0.15) is 0 Å². The average Bonchev–Trinajstić information content (AvgIpc) is 2.54. The van der Waals surface area contributed by atoms with Gasteiger partial charge in [0.05, 0.1) is 0 Å². The molecule has 0 aliphatic heterocycles. The van der Waals surface area contributed by atoms with Crippen molar-refractivity contribution >= 4 is 11.7 Å². The molecule has 4 heteroatoms. The van der Waals surface area contributed by atoms with Crippen LogP contribution in [0.5, 0.6) is 0 Å². The second-order valence-electron chi connectivity index (χ2n) is 6.31. The van der Waals surface area contributed by atoms with E-state index in [9.17, 15) is 9.59 Å². The molecule has 0 saturated heterocycles. The molecule has 0 aromatic heterocycles. The van der Waals surface area contributed by atoms with Crippen LogP contribution >= 0.6 is 0 Å². The fraction of sp³-hybridized carbons (Fsp3) is 0.895. The van der Waals surface area contributed by atoms with Gasteiger partial charge in [0.1, 0.15) is 5.78 Å². The third-order valence-electron chi connectivity index (χ3n) is 4.02. The highest BCUT2D eigenvalue weighted by molar-refractivity contribution is 5.78. The third kappa shape index (κ3) is 17.3. The lowest BCUT2D eigenvalue weighted by molar-refractivity contribution is -0.121. The molecule has 0 atom stereocenters. The number of carbonyl (C=O) groups is 2. The maximum Gasteiger partial charge on any atom is 0.219 e. The molecule has 0 saturated carbocycles. The third-order valence-corrected chi connectivity index (χ3v) is 4.02. The maximum atomic E-state index is 11.6. The van der Waals surface area contributed by atoms with Gasteiger partial charge < -0.3 is 10.1 Å². The number of carbonyl (C=O) groups excluding carboxylic acids is 2. The Morgan fingerprint density at radius 1 is 0.783 bits per heavy atom. The maximum absolute atomic E-state index is 11.6. The molecule has 0 unspecified atom stereocenters. The van der Waals surface area contributed by atoms with Gasteiger partial charge in [-0.15, -0.1) is 0 Å². The van der Waals surface area contributed by atoms with Crippen LogP contribution in [-0.2, 0) is 14.3 Å². The Balaban J connectivity index is 3.23. The number of hydrogen-bond donors (Lipinski definition) is 1. The first-order valence-corrected chi connectivity index (χ1v) is 9.48. The summed E-state index contributed by atoms with van der Waals surface area (Å²) in [5.74, 6) is 0.586. The SMILES string of the molecule is CCCCNC(=O)CCCCCCCCC(=O)CCCCOC. The zero-order valence-electron chi connectivity index (χ0n) is 15.3. The quantitative estimate of drug-likeness (QED) is 0.403. The monoisotopic (exact) mass is 327 g/mol. The van der Waals surface area contributed by atoms with Crippen LogP contribution < -0.4 is 5.32 Å². The van der Waals surface area contributed by atoms with E-state index in [1.165, 1.54) is 12.8 Å². The Hall–Kier alpha value is -0.900. The zero-order valence-corrected chi connectivity index (χ0v) is 15.3. The molecule has 0 rings (SSSR count). The van der Waals surface area contributed by atoms with Crippen LogP contribution in [0.4, 0.5) is 0 Å². The van der Waals surface area contributed by atoms with E-state index in [4.69, 9.17) is 4.74 Å². The molecule has 0 fully saturated rings. The summed E-state index contributed by atoms with van der Waals surface area (Å²) >= 11 is 0. The van der Waals surface area contributed by atoms with Crippen molar-refractivity contribution in [2.24, 2.45) is 0 Å². The van der Waals surface area contributed by atoms with Crippen LogP contribution in [0.3, 0.4) is 0 Å². The number of nitrogens with one attached hydrogen (secondary N) is 1. The van der Waals surface area contributed by atoms with E-state index in [0.717, 1.165) is 70.9 Å². The lowest BCUT2D eigenvalue weighted by atomic mass is 10.0. The molecule has 0 bridgehead atoms. The molecule has 0 aliphatic rings. The smallest absolute Gasteiger partial charge is 0.219 e. The molecule has 0 radical (unpaired) electrons. The van der Waals surface area contributed by atoms with Crippen molar-refractivity contribution in [3.63, 3.8) is 0 Å². The normalized spacial score (nSPS) is 10.7. The number of unbranched alkanes of at least 4 members (excludes halogenated alkanes) is 7. The number of hydrogen-bond acceptors (Lipinski definition) is 3. The molecule has 23 heavy (non-hydrogen) atoms. The Morgan fingerprint density at radius 2 is 1.35 bits per heavy atom. The summed E-state index contributed by atoms with van der Waals surface area (Å²) in [6, 6.07) is 0. The number of ketones is 1. The molecule has 0 aliphatic carbocycles. The van der Waals surface area contributed by atoms with E-state index in [2.05, 4.69) is 12.2 Å². The van der Waals surface area contributed by atoms with Crippen molar-refractivity contribution in [1.29, 1.82) is 0 Å². The van der Waals surface area contributed by atoms with E-state index in [-0.39, 0.29) is 5.91 Å². The van der Waals surface area contributed by atoms with Crippen LogP contribution in [0.25, 0.3) is 0 Å². The first-order valence-electron chi connectivity index (χ1n) is 9.48. The summed E-state index contributed by atoms with van der Waals surface area (Å²) in [4.78, 5) is 23.1. The average molecular weight is 328 g/mol. The highest BCUT2D eigenvalue weighted by atomic mass is 16.5. The predicted octanol–water partition coefficient (Wildman–Crippen LogP) is 4.41. The molecule has 0 aromatic rings. The lowest BCUT2D eigenvalue weighted by Gasteiger charge is -2.04. The van der Waals surface area contributed by atoms with Crippen molar-refractivity contribution in [3.8, 4) is 0 Å². The summed E-state index contributed by atoms with van der Waals surface area (Å²) in [6.07, 6.45) is 12.8. The Morgan fingerprint density at radius 3 is 1.96 bits per heavy atom. The summed E-state index contributed by atoms with van der Waals surface area (Å²) in [6.45, 7) is 3.69. The molecule has 0 aromatic carbocycles. The summed E-state index contributed by atoms with van der Waals surface area (Å²) < 4.78 is 4.97. The van der Waals surface area contributed by atoms with E-state index in [1.54, 1.807) is 7.11 Å². The van der Waals surface area contributed by atoms with Crippen molar-refractivity contribution in [3.05, 3.63) is 0 Å². The van der Waals surface area contributed by atoms with Gasteiger partial charge in [-0.1, -0.05) is 39.0 Å². The lowest BCUT2D eigenvalue weighted by Crippen LogP contribution is -2.23. The zero-order chi connectivity index (χ0) is 17.2. The van der Waals surface area contributed by atoms with E-state index in [0.29, 0.717) is 18.6 Å². The Labute approximate surface area is 142 Å². The molecule has 4 nitrogen and oxygen atoms in total. The topological polar surface area (TPSA) is 55.4 Å². The minimum Gasteiger partial charge on any atom is -0.385 e. The van der Waals surface area contributed by atoms with Crippen molar-refractivity contribution in [2.75, 3.05) is 20.3 Å². The molecule has 0 spiro atoms. The Kier molecular flexibility index (Phi) is 16.8. The van der Waals surface area contributed by atoms with E-state index >= 15 is 0 Å². The standard InChI is InChI=1S/C19H37NO3/c1-3-4-16-20-19(22)15-10-8-6-5-7-9-13-18(21)14-11-12-17-23-2/h3-17H2,1-2H3,(H,20,22). The van der Waals surface area contributed by atoms with Gasteiger partial charge in [-0.25, -0.2) is 0 Å². The number of rotatable bonds is 17. The van der Waals surface area contributed by atoms with Gasteiger partial charge in [0, 0.05) is 39.5 Å². The van der Waals surface area contributed by atoms with Gasteiger partial charge >= 0.3 is 0 Å². The largest absolute Gasteiger partial charge is 0.385 e. The van der Waals surface area contributed by atoms with Gasteiger partial charge in [-0.3, -0.25) is 9.59 Å². The van der Waals surface area contributed by atoms with Crippen molar-refractivity contribution in [2.45, 2.75) is 90.4 Å². The summed E-state index contributed by atoms with van der Waals surface area (Å²) in [7, 11) is 1.70. The molecule has 1 N–H and O–H groups in total. The summed E-state index contributed by atoms with van der Waals surface area (Å²) in [5, 5.41) is 2.95. The molecular formula is C19H37NO3. The van der Waals surface area contributed by atoms with Gasteiger partial charge in [0.15, 0.2) is 0 Å². The highest BCUT2D eigenvalue weighted by Crippen LogP contribution is 2.10. The van der Waals surface area contributed by atoms with Crippen molar-refractivity contribution < 1.29 is 14.3 Å². The summed E-state index contributed by atoms with van der Waals surface area (Å²) in [5.41, 5.74) is 0. The van der Waals surface area contributed by atoms with Gasteiger partial charge in [-0.05, 0) is 32.1 Å². The minimum absolute atomic E-state index is 0.192. The second kappa shape index (κ2) is 17.5. The highest BCUT2D eigenvalue weighted by Gasteiger charge is 2.02.